The molecule has 4 aromatic carbocycles. The van der Waals surface area contributed by atoms with Gasteiger partial charge in [0.1, 0.15) is 0 Å². The van der Waals surface area contributed by atoms with E-state index >= 15 is 0 Å². The average molecular weight is 806 g/mol. The van der Waals surface area contributed by atoms with Crippen LogP contribution in [0.3, 0.4) is 0 Å². The van der Waals surface area contributed by atoms with Crippen molar-refractivity contribution in [3.05, 3.63) is 251 Å². The van der Waals surface area contributed by atoms with Crippen LogP contribution < -0.4 is 10.4 Å². The molecule has 3 aliphatic rings. The summed E-state index contributed by atoms with van der Waals surface area (Å²) in [6, 6.07) is 30.6. The molecule has 0 radical (unpaired) electrons. The van der Waals surface area contributed by atoms with Crippen molar-refractivity contribution in [2.75, 3.05) is 6.54 Å². The van der Waals surface area contributed by atoms with Crippen molar-refractivity contribution in [3.8, 4) is 0 Å². The third-order valence-electron chi connectivity index (χ3n) is 11.5. The minimum Gasteiger partial charge on any atom is -0.284 e. The number of aliphatic imine (C=N–C) groups is 3. The summed E-state index contributed by atoms with van der Waals surface area (Å²) < 4.78 is 0. The Bertz CT molecular complexity index is 2850. The highest BCUT2D eigenvalue weighted by Gasteiger charge is 2.15. The van der Waals surface area contributed by atoms with Crippen LogP contribution in [0, 0.1) is 11.8 Å². The van der Waals surface area contributed by atoms with Gasteiger partial charge in [0.2, 0.25) is 0 Å². The zero-order valence-corrected chi connectivity index (χ0v) is 35.8. The molecule has 3 nitrogen and oxygen atoms in total. The summed E-state index contributed by atoms with van der Waals surface area (Å²) in [5.74, 6) is 0.228. The number of nitrogens with zero attached hydrogens (tertiary/aromatic N) is 3. The van der Waals surface area contributed by atoms with Crippen LogP contribution in [0.1, 0.15) is 48.4 Å². The standard InChI is InChI=1S/C59H55N3/c1-6-45(40-44(3)59-43(2)20-8-7-9-29-54(55-30-14-15-31-56(55)59)53-32-19-26-48-24-12-13-28-52(48)53)37-39-62-58(49-27-18-22-46(33-34-49)21-16-17-38-60-4)42-57(61-5)51-36-35-47-23-10-11-25-50(47)41-51/h6-10,12-24,26-28,30-36,38,40-43,46H,1,3-5,11,25,29,37,39H2,2H3/b9-7-,20-8-,21-16+,38-17-,45-40+,55-54+,57-42-,59-56+,62-58+. The molecule has 0 N–H and O–H groups in total. The smallest absolute Gasteiger partial charge is 0.0716 e. The van der Waals surface area contributed by atoms with Gasteiger partial charge in [0.15, 0.2) is 0 Å². The van der Waals surface area contributed by atoms with Gasteiger partial charge in [0.25, 0.3) is 0 Å². The molecule has 0 fully saturated rings. The second-order valence-electron chi connectivity index (χ2n) is 15.6. The molecule has 3 aliphatic carbocycles. The summed E-state index contributed by atoms with van der Waals surface area (Å²) in [7, 11) is 0. The van der Waals surface area contributed by atoms with E-state index in [1.807, 2.05) is 18.2 Å². The molecule has 0 saturated carbocycles. The van der Waals surface area contributed by atoms with Gasteiger partial charge < -0.3 is 0 Å². The van der Waals surface area contributed by atoms with Gasteiger partial charge in [0.05, 0.1) is 11.4 Å². The van der Waals surface area contributed by atoms with Gasteiger partial charge in [-0.15, -0.1) is 0 Å². The fourth-order valence-electron chi connectivity index (χ4n) is 8.36. The molecule has 62 heavy (non-hydrogen) atoms. The first-order valence-electron chi connectivity index (χ1n) is 21.5. The van der Waals surface area contributed by atoms with E-state index in [0.717, 1.165) is 53.0 Å². The summed E-state index contributed by atoms with van der Waals surface area (Å²) >= 11 is 0. The van der Waals surface area contributed by atoms with Crippen molar-refractivity contribution in [2.45, 2.75) is 32.6 Å². The molecule has 0 saturated heterocycles. The monoisotopic (exact) mass is 805 g/mol. The molecule has 2 unspecified atom stereocenters. The Kier molecular flexibility index (Phi) is 14.8. The number of allylic oxidation sites excluding steroid dienone is 18. The minimum absolute atomic E-state index is 0.108. The third-order valence-corrected chi connectivity index (χ3v) is 11.5. The second-order valence-corrected chi connectivity index (χ2v) is 15.6. The lowest BCUT2D eigenvalue weighted by molar-refractivity contribution is 0.949. The largest absolute Gasteiger partial charge is 0.284 e. The van der Waals surface area contributed by atoms with Gasteiger partial charge in [-0.05, 0) is 123 Å². The number of aryl methyl sites for hydroxylation is 1. The van der Waals surface area contributed by atoms with Crippen LogP contribution in [0.2, 0.25) is 0 Å². The van der Waals surface area contributed by atoms with Crippen LogP contribution in [-0.2, 0) is 6.42 Å². The summed E-state index contributed by atoms with van der Waals surface area (Å²) in [6.07, 6.45) is 41.4. The third kappa shape index (κ3) is 10.6. The number of benzene rings is 4. The molecule has 3 heteroatoms. The molecule has 2 atom stereocenters. The molecule has 0 aliphatic heterocycles. The molecule has 0 aromatic heterocycles. The quantitative estimate of drug-likeness (QED) is 0.0899. The van der Waals surface area contributed by atoms with E-state index < -0.39 is 0 Å². The highest BCUT2D eigenvalue weighted by atomic mass is 14.8. The van der Waals surface area contributed by atoms with Crippen molar-refractivity contribution in [2.24, 2.45) is 26.8 Å². The van der Waals surface area contributed by atoms with Crippen molar-refractivity contribution in [1.82, 2.24) is 0 Å². The first-order chi connectivity index (χ1) is 30.5. The van der Waals surface area contributed by atoms with Crippen molar-refractivity contribution < 1.29 is 0 Å². The van der Waals surface area contributed by atoms with E-state index in [1.165, 1.54) is 49.0 Å². The van der Waals surface area contributed by atoms with Crippen LogP contribution in [0.25, 0.3) is 33.7 Å². The van der Waals surface area contributed by atoms with E-state index in [4.69, 9.17) is 11.6 Å². The molecule has 0 amide bonds. The second kappa shape index (κ2) is 21.3. The van der Waals surface area contributed by atoms with Gasteiger partial charge in [-0.25, -0.2) is 0 Å². The summed E-state index contributed by atoms with van der Waals surface area (Å²) in [4.78, 5) is 13.6. The first kappa shape index (κ1) is 42.9. The maximum Gasteiger partial charge on any atom is 0.0716 e. The lowest BCUT2D eigenvalue weighted by atomic mass is 9.87. The topological polar surface area (TPSA) is 37.1 Å². The molecular weight excluding hydrogens is 751 g/mol. The molecule has 306 valence electrons. The van der Waals surface area contributed by atoms with Crippen molar-refractivity contribution in [1.29, 1.82) is 0 Å². The minimum atomic E-state index is 0.108. The summed E-state index contributed by atoms with van der Waals surface area (Å²) in [5, 5.41) is 4.92. The van der Waals surface area contributed by atoms with Crippen LogP contribution in [0.5, 0.6) is 0 Å². The predicted octanol–water partition coefficient (Wildman–Crippen LogP) is 13.0. The number of rotatable bonds is 14. The molecule has 0 bridgehead atoms. The maximum absolute atomic E-state index is 5.27. The average Bonchev–Trinajstić information content (AvgIpc) is 3.55. The maximum atomic E-state index is 5.27. The number of hydrogen-bond acceptors (Lipinski definition) is 3. The number of hydrogen-bond donors (Lipinski definition) is 0. The zero-order valence-electron chi connectivity index (χ0n) is 35.8. The van der Waals surface area contributed by atoms with E-state index in [2.05, 4.69) is 207 Å². The van der Waals surface area contributed by atoms with Gasteiger partial charge in [0, 0.05) is 30.1 Å². The molecular formula is C59H55N3. The Morgan fingerprint density at radius 3 is 2.52 bits per heavy atom. The Hall–Kier alpha value is -7.23. The van der Waals surface area contributed by atoms with Gasteiger partial charge >= 0.3 is 0 Å². The van der Waals surface area contributed by atoms with Gasteiger partial charge in [-0.1, -0.05) is 190 Å². The van der Waals surface area contributed by atoms with E-state index in [1.54, 1.807) is 6.20 Å². The Balaban J connectivity index is 1.26. The summed E-state index contributed by atoms with van der Waals surface area (Å²) in [6.45, 7) is 19.3. The first-order valence-corrected chi connectivity index (χ1v) is 21.5. The molecule has 4 aromatic rings. The molecule has 0 spiro atoms. The van der Waals surface area contributed by atoms with Crippen LogP contribution in [0.4, 0.5) is 0 Å². The Morgan fingerprint density at radius 1 is 0.823 bits per heavy atom. The normalized spacial score (nSPS) is 20.9. The van der Waals surface area contributed by atoms with Crippen LogP contribution in [-0.4, -0.2) is 25.7 Å². The van der Waals surface area contributed by atoms with Crippen molar-refractivity contribution >= 4 is 52.8 Å². The van der Waals surface area contributed by atoms with Gasteiger partial charge in [-0.3, -0.25) is 15.0 Å². The highest BCUT2D eigenvalue weighted by molar-refractivity contribution is 6.14. The van der Waals surface area contributed by atoms with E-state index in [9.17, 15) is 0 Å². The summed E-state index contributed by atoms with van der Waals surface area (Å²) in [5.41, 5.74) is 12.0. The molecule has 7 rings (SSSR count). The number of fused-ring (bicyclic) bond motifs is 3. The Morgan fingerprint density at radius 2 is 1.66 bits per heavy atom. The lowest BCUT2D eigenvalue weighted by Crippen LogP contribution is -2.31. The van der Waals surface area contributed by atoms with Gasteiger partial charge in [-0.2, -0.15) is 0 Å². The molecule has 0 heterocycles. The Labute approximate surface area is 368 Å². The lowest BCUT2D eigenvalue weighted by Gasteiger charge is -2.17. The highest BCUT2D eigenvalue weighted by Crippen LogP contribution is 2.29. The SMILES string of the molecule is C=C/C(=C\C(=C)/C1=c2\cccc\c2=C(/c2cccc3ccccc23)C/C=C\C=C/C1C)CC/N=C(\C=C(/N=C)c1ccc2c(c1)CCC=C2)C1=CC=CC(/C=C/C=C\N=C)C=C1. The van der Waals surface area contributed by atoms with E-state index in [0.29, 0.717) is 13.0 Å². The fourth-order valence-corrected chi connectivity index (χ4v) is 8.36. The van der Waals surface area contributed by atoms with Crippen LogP contribution >= 0.6 is 0 Å². The fraction of sp³-hybridized carbons (Fsp3) is 0.136. The predicted molar refractivity (Wildman–Crippen MR) is 271 cm³/mol. The van der Waals surface area contributed by atoms with Crippen molar-refractivity contribution in [3.63, 3.8) is 0 Å². The van der Waals surface area contributed by atoms with Crippen LogP contribution in [0.15, 0.2) is 233 Å². The van der Waals surface area contributed by atoms with E-state index in [-0.39, 0.29) is 11.8 Å². The zero-order chi connectivity index (χ0) is 43.1.